The van der Waals surface area contributed by atoms with Gasteiger partial charge in [0.25, 0.3) is 0 Å². The number of hydrogen-bond acceptors (Lipinski definition) is 2. The number of halogens is 1. The molecule has 1 aliphatic heterocycles. The number of imidazole rings is 1. The summed E-state index contributed by atoms with van der Waals surface area (Å²) in [5.41, 5.74) is 10.4. The van der Waals surface area contributed by atoms with Crippen LogP contribution < -0.4 is 10.1 Å². The van der Waals surface area contributed by atoms with Gasteiger partial charge in [-0.25, -0.2) is 0 Å². The highest BCUT2D eigenvalue weighted by Gasteiger charge is 2.28. The van der Waals surface area contributed by atoms with Crippen LogP contribution in [0.3, 0.4) is 0 Å². The summed E-state index contributed by atoms with van der Waals surface area (Å²) < 4.78 is 10.7. The molecule has 3 aromatic carbocycles. The monoisotopic (exact) mass is 539 g/mol. The zero-order chi connectivity index (χ0) is 26.2. The molecular weight excluding hydrogens is 510 g/mol. The fraction of sp³-hybridized carbons (Fsp3) is 0.219. The highest BCUT2D eigenvalue weighted by atomic mass is 35.5. The van der Waals surface area contributed by atoms with Crippen LogP contribution in [0.15, 0.2) is 79.0 Å². The summed E-state index contributed by atoms with van der Waals surface area (Å²) in [4.78, 5) is 0.675. The lowest BCUT2D eigenvalue weighted by molar-refractivity contribution is 0.342. The first-order valence-corrected chi connectivity index (χ1v) is 14.0. The number of rotatable bonds is 6. The Bertz CT molecular complexity index is 1630. The summed E-state index contributed by atoms with van der Waals surface area (Å²) in [5.74, 6) is 0.794. The fourth-order valence-corrected chi connectivity index (χ4v) is 5.96. The van der Waals surface area contributed by atoms with Crippen LogP contribution in [0.25, 0.3) is 28.0 Å². The van der Waals surface area contributed by atoms with Gasteiger partial charge in [0, 0.05) is 28.9 Å². The molecule has 0 unspecified atom stereocenters. The molecule has 1 N–H and O–H groups in total. The molecule has 5 aromatic rings. The predicted molar refractivity (Wildman–Crippen MR) is 162 cm³/mol. The van der Waals surface area contributed by atoms with Crippen molar-refractivity contribution in [3.05, 3.63) is 101 Å². The molecule has 2 aromatic heterocycles. The fourth-order valence-electron chi connectivity index (χ4n) is 5.52. The van der Waals surface area contributed by atoms with Gasteiger partial charge in [-0.1, -0.05) is 77.9 Å². The van der Waals surface area contributed by atoms with Gasteiger partial charge in [0.05, 0.1) is 23.7 Å². The van der Waals surface area contributed by atoms with Crippen LogP contribution in [0, 0.1) is 6.92 Å². The van der Waals surface area contributed by atoms with Crippen molar-refractivity contribution in [1.82, 2.24) is 8.97 Å². The first-order valence-electron chi connectivity index (χ1n) is 13.2. The van der Waals surface area contributed by atoms with E-state index in [0.29, 0.717) is 11.6 Å². The Kier molecular flexibility index (Phi) is 6.73. The number of anilines is 1. The quantitative estimate of drug-likeness (QED) is 0.219. The zero-order valence-electron chi connectivity index (χ0n) is 21.6. The van der Waals surface area contributed by atoms with Gasteiger partial charge in [-0.2, -0.15) is 0 Å². The molecule has 0 spiro atoms. The molecule has 3 heterocycles. The molecule has 0 fully saturated rings. The molecule has 4 nitrogen and oxygen atoms in total. The highest BCUT2D eigenvalue weighted by Crippen LogP contribution is 2.40. The van der Waals surface area contributed by atoms with E-state index in [2.05, 4.69) is 63.8 Å². The molecule has 0 saturated carbocycles. The van der Waals surface area contributed by atoms with E-state index in [1.165, 1.54) is 33.6 Å². The van der Waals surface area contributed by atoms with Gasteiger partial charge in [0.15, 0.2) is 0 Å². The molecule has 0 aliphatic carbocycles. The Morgan fingerprint density at radius 2 is 1.71 bits per heavy atom. The summed E-state index contributed by atoms with van der Waals surface area (Å²) in [6.45, 7) is 5.67. The van der Waals surface area contributed by atoms with Crippen LogP contribution in [-0.2, 0) is 13.0 Å². The molecule has 0 atom stereocenters. The Labute approximate surface area is 233 Å². The minimum Gasteiger partial charge on any atom is -0.492 e. The number of para-hydroxylation sites is 2. The maximum Gasteiger partial charge on any atom is 0.142 e. The average Bonchev–Trinajstić information content (AvgIpc) is 3.34. The van der Waals surface area contributed by atoms with Crippen molar-refractivity contribution in [1.29, 1.82) is 0 Å². The van der Waals surface area contributed by atoms with Crippen LogP contribution in [0.5, 0.6) is 5.75 Å². The molecular formula is C32H30ClN3OS. The molecule has 0 saturated heterocycles. The molecule has 1 aliphatic rings. The maximum absolute atomic E-state index is 6.22. The largest absolute Gasteiger partial charge is 0.492 e. The Morgan fingerprint density at radius 3 is 2.47 bits per heavy atom. The summed E-state index contributed by atoms with van der Waals surface area (Å²) in [6, 6.07) is 24.9. The van der Waals surface area contributed by atoms with Gasteiger partial charge in [-0.05, 0) is 68.5 Å². The van der Waals surface area contributed by atoms with E-state index in [1.54, 1.807) is 0 Å². The highest BCUT2D eigenvalue weighted by molar-refractivity contribution is 7.81. The summed E-state index contributed by atoms with van der Waals surface area (Å²) in [7, 11) is 0. The lowest BCUT2D eigenvalue weighted by Gasteiger charge is -2.15. The van der Waals surface area contributed by atoms with Crippen LogP contribution in [-0.4, -0.2) is 20.6 Å². The predicted octanol–water partition coefficient (Wildman–Crippen LogP) is 8.56. The smallest absolute Gasteiger partial charge is 0.142 e. The van der Waals surface area contributed by atoms with Gasteiger partial charge in [0.2, 0.25) is 0 Å². The van der Waals surface area contributed by atoms with Crippen LogP contribution >= 0.6 is 23.8 Å². The minimum atomic E-state index is 0.590. The SMILES string of the molecule is CCOc1ccccc1NC(=S)c1c(-c2ccc(C)cc2)c2c3n(c(-c4ccc(Cl)cc4)cn13)CCCC2. The number of thiocarbonyl (C=S) groups is 1. The average molecular weight is 540 g/mol. The maximum atomic E-state index is 6.22. The van der Waals surface area contributed by atoms with Crippen LogP contribution in [0.1, 0.15) is 36.6 Å². The standard InChI is InChI=1S/C32H30ClN3OS/c1-3-37-28-10-5-4-9-26(28)34-31(38)30-29(23-13-11-21(2)12-14-23)25-8-6-7-19-35-27(20-36(30)32(25)35)22-15-17-24(33)18-16-22/h4-5,9-18,20H,3,6-8,19H2,1-2H3,(H,34,38). The number of nitrogens with one attached hydrogen (secondary N) is 1. The van der Waals surface area contributed by atoms with Gasteiger partial charge >= 0.3 is 0 Å². The van der Waals surface area contributed by atoms with Crippen molar-refractivity contribution in [2.24, 2.45) is 0 Å². The zero-order valence-corrected chi connectivity index (χ0v) is 23.2. The summed E-state index contributed by atoms with van der Waals surface area (Å²) in [5, 5.41) is 4.27. The second-order valence-electron chi connectivity index (χ2n) is 9.78. The van der Waals surface area contributed by atoms with Gasteiger partial charge in [-0.3, -0.25) is 4.40 Å². The van der Waals surface area contributed by atoms with E-state index in [9.17, 15) is 0 Å². The normalized spacial score (nSPS) is 12.9. The van der Waals surface area contributed by atoms with Crippen molar-refractivity contribution in [2.75, 3.05) is 11.9 Å². The summed E-state index contributed by atoms with van der Waals surface area (Å²) >= 11 is 12.4. The lowest BCUT2D eigenvalue weighted by atomic mass is 9.97. The van der Waals surface area contributed by atoms with E-state index in [-0.39, 0.29) is 0 Å². The molecule has 6 heteroatoms. The van der Waals surface area contributed by atoms with Crippen molar-refractivity contribution < 1.29 is 4.74 Å². The van der Waals surface area contributed by atoms with E-state index in [0.717, 1.165) is 53.5 Å². The Morgan fingerprint density at radius 1 is 0.974 bits per heavy atom. The van der Waals surface area contributed by atoms with E-state index < -0.39 is 0 Å². The van der Waals surface area contributed by atoms with Crippen molar-refractivity contribution >= 4 is 40.1 Å². The molecule has 0 amide bonds. The number of benzene rings is 3. The first kappa shape index (κ1) is 24.8. The number of aromatic nitrogens is 2. The van der Waals surface area contributed by atoms with Crippen molar-refractivity contribution in [3.8, 4) is 28.1 Å². The Balaban J connectivity index is 1.58. The number of ether oxygens (including phenoxy) is 1. The molecule has 192 valence electrons. The third-order valence-electron chi connectivity index (χ3n) is 7.26. The number of nitrogens with zero attached hydrogens (tertiary/aromatic N) is 2. The van der Waals surface area contributed by atoms with E-state index in [1.807, 2.05) is 43.3 Å². The third kappa shape index (κ3) is 4.40. The van der Waals surface area contributed by atoms with Crippen molar-refractivity contribution in [3.63, 3.8) is 0 Å². The Hall–Kier alpha value is -3.54. The number of hydrogen-bond donors (Lipinski definition) is 1. The second-order valence-corrected chi connectivity index (χ2v) is 10.6. The topological polar surface area (TPSA) is 30.6 Å². The number of aryl methyl sites for hydroxylation is 3. The lowest BCUT2D eigenvalue weighted by Crippen LogP contribution is -2.15. The molecule has 6 rings (SSSR count). The van der Waals surface area contributed by atoms with Gasteiger partial charge < -0.3 is 14.6 Å². The molecule has 0 bridgehead atoms. The van der Waals surface area contributed by atoms with Crippen LogP contribution in [0.2, 0.25) is 5.02 Å². The van der Waals surface area contributed by atoms with Gasteiger partial charge in [0.1, 0.15) is 16.4 Å². The van der Waals surface area contributed by atoms with Gasteiger partial charge in [-0.15, -0.1) is 0 Å². The molecule has 38 heavy (non-hydrogen) atoms. The van der Waals surface area contributed by atoms with Crippen LogP contribution in [0.4, 0.5) is 5.69 Å². The molecule has 0 radical (unpaired) electrons. The minimum absolute atomic E-state index is 0.590. The first-order chi connectivity index (χ1) is 18.5. The second kappa shape index (κ2) is 10.3. The van der Waals surface area contributed by atoms with E-state index in [4.69, 9.17) is 28.6 Å². The van der Waals surface area contributed by atoms with E-state index >= 15 is 0 Å². The third-order valence-corrected chi connectivity index (χ3v) is 7.81. The summed E-state index contributed by atoms with van der Waals surface area (Å²) in [6.07, 6.45) is 5.51. The van der Waals surface area contributed by atoms with Crippen molar-refractivity contribution in [2.45, 2.75) is 39.7 Å².